The fraction of sp³-hybridized carbons (Fsp3) is 0.267. The summed E-state index contributed by atoms with van der Waals surface area (Å²) in [6.07, 6.45) is 3.72. The molecule has 1 N–H and O–H groups in total. The maximum atomic E-state index is 12.0. The Morgan fingerprint density at radius 2 is 1.83 bits per heavy atom. The highest BCUT2D eigenvalue weighted by atomic mass is 16.7. The second-order valence-electron chi connectivity index (χ2n) is 5.08. The number of hydrogen-bond acceptors (Lipinski definition) is 6. The van der Waals surface area contributed by atoms with E-state index in [-0.39, 0.29) is 17.5 Å². The first-order valence-corrected chi connectivity index (χ1v) is 7.20. The van der Waals surface area contributed by atoms with Gasteiger partial charge in [0, 0.05) is 6.42 Å². The van der Waals surface area contributed by atoms with Gasteiger partial charge in [0.1, 0.15) is 0 Å². The van der Waals surface area contributed by atoms with Gasteiger partial charge in [-0.05, 0) is 31.4 Å². The molecule has 8 nitrogen and oxygen atoms in total. The molecule has 0 spiro atoms. The quantitative estimate of drug-likeness (QED) is 0.636. The van der Waals surface area contributed by atoms with Gasteiger partial charge in [0.2, 0.25) is 0 Å². The molecule has 2 aromatic rings. The molecule has 1 aliphatic rings. The Balaban J connectivity index is 1.49. The molecular formula is C15H14N4O4. The van der Waals surface area contributed by atoms with Gasteiger partial charge in [-0.2, -0.15) is 15.4 Å². The molecule has 2 heterocycles. The van der Waals surface area contributed by atoms with Gasteiger partial charge in [0.25, 0.3) is 11.8 Å². The van der Waals surface area contributed by atoms with Crippen LogP contribution in [0.5, 0.6) is 0 Å². The molecule has 3 rings (SSSR count). The standard InChI is InChI=1S/C15H14N4O4/c20-13(8-4-1-5-10-9-16-18-17-10)23-19-14(21)11-6-2-3-7-12(11)15(19)22/h2-3,6-7,9H,1,4-5,8H2,(H,16,17,18). The van der Waals surface area contributed by atoms with Crippen LogP contribution in [-0.2, 0) is 16.1 Å². The lowest BCUT2D eigenvalue weighted by Crippen LogP contribution is -2.32. The maximum Gasteiger partial charge on any atom is 0.333 e. The van der Waals surface area contributed by atoms with E-state index in [0.29, 0.717) is 17.9 Å². The van der Waals surface area contributed by atoms with Crippen LogP contribution in [0.2, 0.25) is 0 Å². The lowest BCUT2D eigenvalue weighted by Gasteiger charge is -2.12. The van der Waals surface area contributed by atoms with Crippen molar-refractivity contribution in [3.8, 4) is 0 Å². The Hall–Kier alpha value is -3.03. The first-order chi connectivity index (χ1) is 11.2. The van der Waals surface area contributed by atoms with Crippen LogP contribution in [0.1, 0.15) is 45.7 Å². The van der Waals surface area contributed by atoms with Gasteiger partial charge in [-0.25, -0.2) is 4.79 Å². The van der Waals surface area contributed by atoms with Crippen molar-refractivity contribution < 1.29 is 19.2 Å². The van der Waals surface area contributed by atoms with Gasteiger partial charge in [0.05, 0.1) is 23.0 Å². The minimum atomic E-state index is -0.611. The average Bonchev–Trinajstić information content (AvgIpc) is 3.15. The van der Waals surface area contributed by atoms with Gasteiger partial charge in [-0.15, -0.1) is 0 Å². The smallest absolute Gasteiger partial charge is 0.330 e. The van der Waals surface area contributed by atoms with Crippen LogP contribution < -0.4 is 0 Å². The van der Waals surface area contributed by atoms with Crippen LogP contribution >= 0.6 is 0 Å². The monoisotopic (exact) mass is 314 g/mol. The summed E-state index contributed by atoms with van der Waals surface area (Å²) in [5, 5.41) is 10.6. The second kappa shape index (κ2) is 6.39. The molecule has 1 aromatic heterocycles. The number of hydroxylamine groups is 2. The fourth-order valence-corrected chi connectivity index (χ4v) is 2.32. The summed E-state index contributed by atoms with van der Waals surface area (Å²) in [5.41, 5.74) is 1.31. The number of unbranched alkanes of at least 4 members (excludes halogenated alkanes) is 1. The number of amides is 2. The predicted octanol–water partition coefficient (Wildman–Crippen LogP) is 1.27. The number of fused-ring (bicyclic) bond motifs is 1. The number of aromatic nitrogens is 3. The molecule has 0 saturated carbocycles. The highest BCUT2D eigenvalue weighted by Crippen LogP contribution is 2.23. The van der Waals surface area contributed by atoms with Crippen molar-refractivity contribution in [2.45, 2.75) is 25.7 Å². The largest absolute Gasteiger partial charge is 0.333 e. The van der Waals surface area contributed by atoms with Crippen molar-refractivity contribution >= 4 is 17.8 Å². The van der Waals surface area contributed by atoms with Crippen molar-refractivity contribution in [1.29, 1.82) is 0 Å². The van der Waals surface area contributed by atoms with Crippen molar-refractivity contribution in [2.24, 2.45) is 0 Å². The number of nitrogens with one attached hydrogen (secondary N) is 1. The Morgan fingerprint density at radius 3 is 2.43 bits per heavy atom. The van der Waals surface area contributed by atoms with E-state index >= 15 is 0 Å². The van der Waals surface area contributed by atoms with Crippen molar-refractivity contribution in [2.75, 3.05) is 0 Å². The summed E-state index contributed by atoms with van der Waals surface area (Å²) in [7, 11) is 0. The van der Waals surface area contributed by atoms with E-state index < -0.39 is 17.8 Å². The van der Waals surface area contributed by atoms with Gasteiger partial charge in [0.15, 0.2) is 0 Å². The number of rotatable bonds is 6. The molecule has 0 unspecified atom stereocenters. The Kier molecular flexibility index (Phi) is 4.13. The molecule has 0 bridgehead atoms. The van der Waals surface area contributed by atoms with Crippen molar-refractivity contribution in [1.82, 2.24) is 20.5 Å². The summed E-state index contributed by atoms with van der Waals surface area (Å²) in [6, 6.07) is 6.36. The number of benzene rings is 1. The number of carbonyl (C=O) groups excluding carboxylic acids is 3. The Labute approximate surface area is 131 Å². The van der Waals surface area contributed by atoms with Crippen molar-refractivity contribution in [3.63, 3.8) is 0 Å². The van der Waals surface area contributed by atoms with Crippen LogP contribution in [0.25, 0.3) is 0 Å². The molecular weight excluding hydrogens is 300 g/mol. The zero-order valence-corrected chi connectivity index (χ0v) is 12.2. The summed E-state index contributed by atoms with van der Waals surface area (Å²) in [6.45, 7) is 0. The van der Waals surface area contributed by atoms with Gasteiger partial charge in [-0.3, -0.25) is 9.59 Å². The number of aromatic amines is 1. The minimum Gasteiger partial charge on any atom is -0.330 e. The van der Waals surface area contributed by atoms with Crippen LogP contribution in [0.15, 0.2) is 30.5 Å². The van der Waals surface area contributed by atoms with E-state index in [1.807, 2.05) is 0 Å². The highest BCUT2D eigenvalue weighted by molar-refractivity contribution is 6.20. The molecule has 0 radical (unpaired) electrons. The third kappa shape index (κ3) is 3.10. The van der Waals surface area contributed by atoms with E-state index in [4.69, 9.17) is 4.84 Å². The Bertz CT molecular complexity index is 707. The van der Waals surface area contributed by atoms with Gasteiger partial charge >= 0.3 is 5.97 Å². The molecule has 118 valence electrons. The second-order valence-corrected chi connectivity index (χ2v) is 5.08. The number of carbonyl (C=O) groups is 3. The van der Waals surface area contributed by atoms with Crippen LogP contribution in [0.3, 0.4) is 0 Å². The van der Waals surface area contributed by atoms with Crippen molar-refractivity contribution in [3.05, 3.63) is 47.3 Å². The van der Waals surface area contributed by atoms with E-state index in [1.165, 1.54) is 12.1 Å². The number of aryl methyl sites for hydroxylation is 1. The maximum absolute atomic E-state index is 12.0. The normalized spacial score (nSPS) is 13.3. The number of nitrogens with zero attached hydrogens (tertiary/aromatic N) is 3. The Morgan fingerprint density at radius 1 is 1.13 bits per heavy atom. The highest BCUT2D eigenvalue weighted by Gasteiger charge is 2.38. The molecule has 1 aliphatic heterocycles. The van der Waals surface area contributed by atoms with Crippen LogP contribution in [0.4, 0.5) is 0 Å². The van der Waals surface area contributed by atoms with Crippen LogP contribution in [-0.4, -0.2) is 38.3 Å². The summed E-state index contributed by atoms with van der Waals surface area (Å²) >= 11 is 0. The molecule has 2 amide bonds. The van der Waals surface area contributed by atoms with E-state index in [0.717, 1.165) is 12.1 Å². The molecule has 0 fully saturated rings. The van der Waals surface area contributed by atoms with Gasteiger partial charge in [-0.1, -0.05) is 17.2 Å². The topological polar surface area (TPSA) is 105 Å². The SMILES string of the molecule is O=C(CCCCc1cn[nH]n1)ON1C(=O)c2ccccc2C1=O. The summed E-state index contributed by atoms with van der Waals surface area (Å²) < 4.78 is 0. The molecule has 0 aliphatic carbocycles. The predicted molar refractivity (Wildman–Crippen MR) is 77.0 cm³/mol. The molecule has 0 saturated heterocycles. The minimum absolute atomic E-state index is 0.116. The fourth-order valence-electron chi connectivity index (χ4n) is 2.32. The third-order valence-electron chi connectivity index (χ3n) is 3.48. The molecule has 23 heavy (non-hydrogen) atoms. The lowest BCUT2D eigenvalue weighted by molar-refractivity contribution is -0.168. The molecule has 0 atom stereocenters. The van der Waals surface area contributed by atoms with E-state index in [9.17, 15) is 14.4 Å². The average molecular weight is 314 g/mol. The first kappa shape index (κ1) is 14.9. The zero-order chi connectivity index (χ0) is 16.2. The number of hydrogen-bond donors (Lipinski definition) is 1. The molecule has 1 aromatic carbocycles. The third-order valence-corrected chi connectivity index (χ3v) is 3.48. The van der Waals surface area contributed by atoms with E-state index in [2.05, 4.69) is 15.4 Å². The first-order valence-electron chi connectivity index (χ1n) is 7.20. The molecule has 8 heteroatoms. The lowest BCUT2D eigenvalue weighted by atomic mass is 10.1. The number of H-pyrrole nitrogens is 1. The van der Waals surface area contributed by atoms with E-state index in [1.54, 1.807) is 18.3 Å². The van der Waals surface area contributed by atoms with Crippen LogP contribution in [0, 0.1) is 0 Å². The summed E-state index contributed by atoms with van der Waals surface area (Å²) in [5.74, 6) is -1.83. The number of imide groups is 1. The zero-order valence-electron chi connectivity index (χ0n) is 12.2. The summed E-state index contributed by atoms with van der Waals surface area (Å²) in [4.78, 5) is 40.8. The van der Waals surface area contributed by atoms with Gasteiger partial charge < -0.3 is 4.84 Å².